The zero-order valence-corrected chi connectivity index (χ0v) is 15.6. The molecule has 1 aromatic rings. The second-order valence-electron chi connectivity index (χ2n) is 7.06. The Hall–Kier alpha value is -1.94. The molecular formula is C18H21ClF2N4O. The number of anilines is 1. The summed E-state index contributed by atoms with van der Waals surface area (Å²) in [6, 6.07) is 2.16. The molecule has 26 heavy (non-hydrogen) atoms. The number of carbonyl (C=O) groups is 1. The third-order valence-corrected chi connectivity index (χ3v) is 5.83. The minimum atomic E-state index is -2.66. The van der Waals surface area contributed by atoms with Gasteiger partial charge in [-0.3, -0.25) is 4.79 Å². The van der Waals surface area contributed by atoms with Gasteiger partial charge in [0.25, 0.3) is 5.92 Å². The molecule has 3 heterocycles. The van der Waals surface area contributed by atoms with E-state index in [4.69, 9.17) is 11.6 Å². The maximum atomic E-state index is 13.3. The van der Waals surface area contributed by atoms with Crippen LogP contribution in [0.5, 0.6) is 0 Å². The molecule has 5 nitrogen and oxygen atoms in total. The van der Waals surface area contributed by atoms with E-state index >= 15 is 0 Å². The summed E-state index contributed by atoms with van der Waals surface area (Å²) in [5.74, 6) is -2.45. The Kier molecular flexibility index (Phi) is 5.07. The van der Waals surface area contributed by atoms with Gasteiger partial charge >= 0.3 is 0 Å². The largest absolute Gasteiger partial charge is 0.355 e. The molecule has 3 rings (SSSR count). The lowest BCUT2D eigenvalue weighted by Gasteiger charge is -2.33. The van der Waals surface area contributed by atoms with Crippen LogP contribution < -0.4 is 4.90 Å². The first-order valence-corrected chi connectivity index (χ1v) is 9.09. The third kappa shape index (κ3) is 3.48. The van der Waals surface area contributed by atoms with E-state index in [1.165, 1.54) is 0 Å². The number of aromatic nitrogens is 1. The summed E-state index contributed by atoms with van der Waals surface area (Å²) in [6.07, 6.45) is 0.0781. The van der Waals surface area contributed by atoms with Crippen LogP contribution in [0.15, 0.2) is 0 Å². The van der Waals surface area contributed by atoms with Crippen LogP contribution in [0.25, 0.3) is 0 Å². The van der Waals surface area contributed by atoms with Gasteiger partial charge in [-0.2, -0.15) is 5.26 Å². The Balaban J connectivity index is 1.74. The van der Waals surface area contributed by atoms with Crippen molar-refractivity contribution in [1.82, 2.24) is 9.88 Å². The third-order valence-electron chi connectivity index (χ3n) is 5.27. The lowest BCUT2D eigenvalue weighted by molar-refractivity contribution is -0.140. The van der Waals surface area contributed by atoms with Gasteiger partial charge in [-0.15, -0.1) is 0 Å². The van der Waals surface area contributed by atoms with Crippen molar-refractivity contribution in [3.8, 4) is 6.07 Å². The van der Waals surface area contributed by atoms with Crippen molar-refractivity contribution in [3.63, 3.8) is 0 Å². The fraction of sp³-hybridized carbons (Fsp3) is 0.611. The maximum Gasteiger partial charge on any atom is 0.251 e. The van der Waals surface area contributed by atoms with Gasteiger partial charge in [0, 0.05) is 39.0 Å². The van der Waals surface area contributed by atoms with Gasteiger partial charge in [0.05, 0.1) is 22.2 Å². The molecule has 0 saturated carbocycles. The Morgan fingerprint density at radius 2 is 1.96 bits per heavy atom. The number of hydrogen-bond donors (Lipinski definition) is 0. The van der Waals surface area contributed by atoms with Crippen LogP contribution in [0.2, 0.25) is 5.02 Å². The fourth-order valence-electron chi connectivity index (χ4n) is 3.64. The summed E-state index contributed by atoms with van der Waals surface area (Å²) < 4.78 is 26.6. The number of amides is 1. The number of piperidine rings is 1. The lowest BCUT2D eigenvalue weighted by Crippen LogP contribution is -2.45. The number of likely N-dealkylation sites (tertiary alicyclic amines) is 1. The van der Waals surface area contributed by atoms with Crippen molar-refractivity contribution >= 4 is 23.3 Å². The van der Waals surface area contributed by atoms with E-state index in [0.29, 0.717) is 47.2 Å². The number of aryl methyl sites for hydroxylation is 1. The van der Waals surface area contributed by atoms with E-state index in [1.54, 1.807) is 18.7 Å². The highest BCUT2D eigenvalue weighted by atomic mass is 35.5. The molecule has 140 valence electrons. The number of nitrogens with zero attached hydrogens (tertiary/aromatic N) is 4. The molecule has 2 aliphatic rings. The van der Waals surface area contributed by atoms with Crippen molar-refractivity contribution in [3.05, 3.63) is 21.8 Å². The highest BCUT2D eigenvalue weighted by molar-refractivity contribution is 6.32. The van der Waals surface area contributed by atoms with Crippen LogP contribution in [0, 0.1) is 31.1 Å². The minimum absolute atomic E-state index is 0.0797. The molecular weight excluding hydrogens is 362 g/mol. The van der Waals surface area contributed by atoms with Gasteiger partial charge in [0.15, 0.2) is 0 Å². The lowest BCUT2D eigenvalue weighted by atomic mass is 10.0. The number of pyridine rings is 1. The van der Waals surface area contributed by atoms with Gasteiger partial charge in [-0.25, -0.2) is 13.8 Å². The van der Waals surface area contributed by atoms with Crippen LogP contribution >= 0.6 is 11.6 Å². The van der Waals surface area contributed by atoms with E-state index < -0.39 is 5.92 Å². The molecule has 1 unspecified atom stereocenters. The Labute approximate surface area is 156 Å². The van der Waals surface area contributed by atoms with Gasteiger partial charge in [-0.05, 0) is 25.8 Å². The molecule has 0 bridgehead atoms. The van der Waals surface area contributed by atoms with E-state index in [1.807, 2.05) is 4.90 Å². The van der Waals surface area contributed by atoms with E-state index in [-0.39, 0.29) is 37.8 Å². The van der Waals surface area contributed by atoms with Crippen molar-refractivity contribution in [1.29, 1.82) is 5.26 Å². The average Bonchev–Trinajstić information content (AvgIpc) is 3.08. The highest BCUT2D eigenvalue weighted by Gasteiger charge is 2.39. The number of hydrogen-bond acceptors (Lipinski definition) is 4. The Morgan fingerprint density at radius 1 is 1.31 bits per heavy atom. The van der Waals surface area contributed by atoms with E-state index in [2.05, 4.69) is 11.1 Å². The predicted octanol–water partition coefficient (Wildman–Crippen LogP) is 3.31. The molecule has 1 amide bonds. The van der Waals surface area contributed by atoms with Gasteiger partial charge in [0.2, 0.25) is 5.91 Å². The topological polar surface area (TPSA) is 60.2 Å². The minimum Gasteiger partial charge on any atom is -0.355 e. The first kappa shape index (κ1) is 18.8. The molecule has 0 aromatic carbocycles. The molecule has 0 aliphatic carbocycles. The SMILES string of the molecule is Cc1nc(N2CCC(C(=O)N3CCC(F)(F)CC3)C2)c(C#N)c(C)c1Cl. The number of alkyl halides is 2. The second kappa shape index (κ2) is 6.99. The van der Waals surface area contributed by atoms with Crippen molar-refractivity contribution in [2.75, 3.05) is 31.1 Å². The zero-order chi connectivity index (χ0) is 19.1. The van der Waals surface area contributed by atoms with Crippen LogP contribution in [-0.2, 0) is 4.79 Å². The quantitative estimate of drug-likeness (QED) is 0.787. The molecule has 0 spiro atoms. The molecule has 0 radical (unpaired) electrons. The summed E-state index contributed by atoms with van der Waals surface area (Å²) in [7, 11) is 0. The average molecular weight is 383 g/mol. The molecule has 1 aromatic heterocycles. The predicted molar refractivity (Wildman–Crippen MR) is 94.5 cm³/mol. The molecule has 0 N–H and O–H groups in total. The van der Waals surface area contributed by atoms with Crippen LogP contribution in [-0.4, -0.2) is 47.9 Å². The first-order valence-electron chi connectivity index (χ1n) is 8.72. The van der Waals surface area contributed by atoms with E-state index in [9.17, 15) is 18.8 Å². The molecule has 2 aliphatic heterocycles. The number of halogens is 3. The number of rotatable bonds is 2. The van der Waals surface area contributed by atoms with Crippen LogP contribution in [0.4, 0.5) is 14.6 Å². The monoisotopic (exact) mass is 382 g/mol. The molecule has 8 heteroatoms. The standard InChI is InChI=1S/C18H21ClF2N4O/c1-11-14(9-22)16(23-12(2)15(11)19)25-6-3-13(10-25)17(26)24-7-4-18(20,21)5-8-24/h13H,3-8,10H2,1-2H3. The van der Waals surface area contributed by atoms with Crippen molar-refractivity contribution in [2.24, 2.45) is 5.92 Å². The second-order valence-corrected chi connectivity index (χ2v) is 7.44. The van der Waals surface area contributed by atoms with Crippen molar-refractivity contribution < 1.29 is 13.6 Å². The summed E-state index contributed by atoms with van der Waals surface area (Å²) in [4.78, 5) is 20.6. The molecule has 2 saturated heterocycles. The van der Waals surface area contributed by atoms with Gasteiger partial charge in [0.1, 0.15) is 11.9 Å². The zero-order valence-electron chi connectivity index (χ0n) is 14.9. The highest BCUT2D eigenvalue weighted by Crippen LogP contribution is 2.33. The maximum absolute atomic E-state index is 13.3. The summed E-state index contributed by atoms with van der Waals surface area (Å²) in [6.45, 7) is 4.81. The normalized spacial score (nSPS) is 22.4. The first-order chi connectivity index (χ1) is 12.2. The summed E-state index contributed by atoms with van der Waals surface area (Å²) in [5, 5.41) is 9.96. The number of nitriles is 1. The van der Waals surface area contributed by atoms with Crippen LogP contribution in [0.3, 0.4) is 0 Å². The Morgan fingerprint density at radius 3 is 2.58 bits per heavy atom. The summed E-state index contributed by atoms with van der Waals surface area (Å²) in [5.41, 5.74) is 1.75. The smallest absolute Gasteiger partial charge is 0.251 e. The summed E-state index contributed by atoms with van der Waals surface area (Å²) >= 11 is 6.19. The van der Waals surface area contributed by atoms with Crippen molar-refractivity contribution in [2.45, 2.75) is 39.0 Å². The van der Waals surface area contributed by atoms with Gasteiger partial charge in [-0.1, -0.05) is 11.6 Å². The van der Waals surface area contributed by atoms with Crippen LogP contribution in [0.1, 0.15) is 36.1 Å². The fourth-order valence-corrected chi connectivity index (χ4v) is 3.78. The van der Waals surface area contributed by atoms with E-state index in [0.717, 1.165) is 0 Å². The van der Waals surface area contributed by atoms with Gasteiger partial charge < -0.3 is 9.80 Å². The molecule has 2 fully saturated rings. The molecule has 1 atom stereocenters. The number of carbonyl (C=O) groups excluding carboxylic acids is 1. The Bertz CT molecular complexity index is 767.